The lowest BCUT2D eigenvalue weighted by Gasteiger charge is -2.03. The van der Waals surface area contributed by atoms with Gasteiger partial charge in [-0.15, -0.1) is 0 Å². The molecule has 24 heavy (non-hydrogen) atoms. The number of imidazole rings is 1. The van der Waals surface area contributed by atoms with Crippen LogP contribution in [0.25, 0.3) is 11.2 Å². The molecule has 0 atom stereocenters. The fourth-order valence-electron chi connectivity index (χ4n) is 2.50. The van der Waals surface area contributed by atoms with Crippen molar-refractivity contribution in [1.29, 1.82) is 0 Å². The zero-order chi connectivity index (χ0) is 17.4. The van der Waals surface area contributed by atoms with Crippen molar-refractivity contribution in [3.8, 4) is 0 Å². The van der Waals surface area contributed by atoms with Crippen LogP contribution in [0, 0.1) is 0 Å². The molecule has 0 amide bonds. The van der Waals surface area contributed by atoms with Gasteiger partial charge in [0.2, 0.25) is 5.82 Å². The molecule has 0 saturated heterocycles. The molecule has 2 rings (SSSR count). The van der Waals surface area contributed by atoms with Gasteiger partial charge in [-0.25, -0.2) is 14.6 Å². The van der Waals surface area contributed by atoms with E-state index in [1.807, 2.05) is 0 Å². The van der Waals surface area contributed by atoms with E-state index in [2.05, 4.69) is 26.9 Å². The van der Waals surface area contributed by atoms with E-state index in [0.29, 0.717) is 6.61 Å². The highest BCUT2D eigenvalue weighted by molar-refractivity contribution is 5.89. The third kappa shape index (κ3) is 5.07. The van der Waals surface area contributed by atoms with Crippen LogP contribution in [-0.4, -0.2) is 32.5 Å². The second-order valence-electron chi connectivity index (χ2n) is 5.83. The Morgan fingerprint density at radius 2 is 1.62 bits per heavy atom. The summed E-state index contributed by atoms with van der Waals surface area (Å²) < 4.78 is 5.14. The number of fused-ring (bicyclic) bond motifs is 1. The Bertz CT molecular complexity index is 774. The van der Waals surface area contributed by atoms with Crippen LogP contribution in [0.2, 0.25) is 0 Å². The summed E-state index contributed by atoms with van der Waals surface area (Å²) in [6.07, 6.45) is 9.28. The highest BCUT2D eigenvalue weighted by Gasteiger charge is 2.15. The van der Waals surface area contributed by atoms with Crippen LogP contribution in [0.5, 0.6) is 0 Å². The van der Waals surface area contributed by atoms with Crippen molar-refractivity contribution < 1.29 is 9.53 Å². The molecule has 0 bridgehead atoms. The number of carbonyl (C=O) groups is 1. The molecule has 3 N–H and O–H groups in total. The van der Waals surface area contributed by atoms with E-state index in [4.69, 9.17) is 4.74 Å². The van der Waals surface area contributed by atoms with Gasteiger partial charge >= 0.3 is 11.7 Å². The number of H-pyrrole nitrogens is 3. The fourth-order valence-corrected chi connectivity index (χ4v) is 2.50. The third-order valence-corrected chi connectivity index (χ3v) is 3.81. The number of ether oxygens (including phenoxy) is 1. The minimum Gasteiger partial charge on any atom is -0.460 e. The Kier molecular flexibility index (Phi) is 6.77. The summed E-state index contributed by atoms with van der Waals surface area (Å²) >= 11 is 0. The van der Waals surface area contributed by atoms with E-state index >= 15 is 0 Å². The van der Waals surface area contributed by atoms with Crippen molar-refractivity contribution in [1.82, 2.24) is 19.9 Å². The number of esters is 1. The number of rotatable bonds is 10. The SMILES string of the molecule is CCCCCCCCCCOC(=O)c1nc2[nH]c(=O)[nH]c(=O)c2[nH]1. The van der Waals surface area contributed by atoms with Crippen molar-refractivity contribution in [2.75, 3.05) is 6.61 Å². The van der Waals surface area contributed by atoms with Crippen LogP contribution in [0.4, 0.5) is 0 Å². The quantitative estimate of drug-likeness (QED) is 0.454. The number of unbranched alkanes of at least 4 members (excludes halogenated alkanes) is 7. The summed E-state index contributed by atoms with van der Waals surface area (Å²) in [7, 11) is 0. The Hall–Kier alpha value is -2.38. The molecule has 8 heteroatoms. The van der Waals surface area contributed by atoms with E-state index in [1.165, 1.54) is 32.1 Å². The summed E-state index contributed by atoms with van der Waals surface area (Å²) in [5.74, 6) is -0.716. The maximum Gasteiger partial charge on any atom is 0.374 e. The Morgan fingerprint density at radius 3 is 2.33 bits per heavy atom. The van der Waals surface area contributed by atoms with Gasteiger partial charge in [0.15, 0.2) is 5.65 Å². The molecular weight excluding hydrogens is 312 g/mol. The molecule has 0 aromatic carbocycles. The molecule has 0 spiro atoms. The summed E-state index contributed by atoms with van der Waals surface area (Å²) in [6, 6.07) is 0. The van der Waals surface area contributed by atoms with Gasteiger partial charge in [0.1, 0.15) is 5.52 Å². The van der Waals surface area contributed by atoms with Crippen LogP contribution in [0.15, 0.2) is 9.59 Å². The number of hydrogen-bond donors (Lipinski definition) is 3. The predicted octanol–water partition coefficient (Wildman–Crippen LogP) is 2.24. The molecule has 0 aliphatic rings. The molecule has 0 saturated carbocycles. The second kappa shape index (κ2) is 9.05. The molecule has 0 fully saturated rings. The fraction of sp³-hybridized carbons (Fsp3) is 0.625. The molecule has 0 unspecified atom stereocenters. The predicted molar refractivity (Wildman–Crippen MR) is 90.2 cm³/mol. The number of nitrogens with zero attached hydrogens (tertiary/aromatic N) is 1. The highest BCUT2D eigenvalue weighted by Crippen LogP contribution is 2.09. The monoisotopic (exact) mass is 336 g/mol. The molecular formula is C16H24N4O4. The van der Waals surface area contributed by atoms with E-state index < -0.39 is 17.2 Å². The largest absolute Gasteiger partial charge is 0.460 e. The number of nitrogens with one attached hydrogen (secondary N) is 3. The topological polar surface area (TPSA) is 121 Å². The van der Waals surface area contributed by atoms with Gasteiger partial charge in [0.05, 0.1) is 6.61 Å². The first-order valence-electron chi connectivity index (χ1n) is 8.51. The van der Waals surface area contributed by atoms with E-state index in [-0.39, 0.29) is 17.0 Å². The normalized spacial score (nSPS) is 11.0. The average Bonchev–Trinajstić information content (AvgIpc) is 2.97. The van der Waals surface area contributed by atoms with E-state index in [1.54, 1.807) is 0 Å². The third-order valence-electron chi connectivity index (χ3n) is 3.81. The van der Waals surface area contributed by atoms with Crippen LogP contribution in [0.1, 0.15) is 68.9 Å². The highest BCUT2D eigenvalue weighted by atomic mass is 16.5. The lowest BCUT2D eigenvalue weighted by Crippen LogP contribution is -2.21. The number of aromatic amines is 3. The van der Waals surface area contributed by atoms with Gasteiger partial charge in [-0.05, 0) is 6.42 Å². The number of carbonyl (C=O) groups excluding carboxylic acids is 1. The average molecular weight is 336 g/mol. The van der Waals surface area contributed by atoms with Crippen molar-refractivity contribution >= 4 is 17.1 Å². The van der Waals surface area contributed by atoms with Crippen LogP contribution in [0.3, 0.4) is 0 Å². The van der Waals surface area contributed by atoms with Gasteiger partial charge in [-0.1, -0.05) is 51.9 Å². The summed E-state index contributed by atoms with van der Waals surface area (Å²) in [4.78, 5) is 45.5. The minimum atomic E-state index is -0.669. The Morgan fingerprint density at radius 1 is 0.958 bits per heavy atom. The molecule has 0 aliphatic carbocycles. The lowest BCUT2D eigenvalue weighted by molar-refractivity contribution is 0.0485. The van der Waals surface area contributed by atoms with E-state index in [0.717, 1.165) is 19.3 Å². The second-order valence-corrected chi connectivity index (χ2v) is 5.83. The van der Waals surface area contributed by atoms with Gasteiger partial charge in [-0.3, -0.25) is 14.8 Å². The zero-order valence-corrected chi connectivity index (χ0v) is 13.9. The molecule has 132 valence electrons. The molecule has 2 heterocycles. The number of aromatic nitrogens is 4. The first-order valence-corrected chi connectivity index (χ1v) is 8.51. The van der Waals surface area contributed by atoms with Crippen molar-refractivity contribution in [3.05, 3.63) is 26.7 Å². The molecule has 0 aliphatic heterocycles. The maximum atomic E-state index is 11.9. The van der Waals surface area contributed by atoms with Crippen LogP contribution in [-0.2, 0) is 4.74 Å². The zero-order valence-electron chi connectivity index (χ0n) is 13.9. The molecule has 0 radical (unpaired) electrons. The van der Waals surface area contributed by atoms with Crippen molar-refractivity contribution in [3.63, 3.8) is 0 Å². The first-order chi connectivity index (χ1) is 11.6. The van der Waals surface area contributed by atoms with Gasteiger partial charge < -0.3 is 9.72 Å². The standard InChI is InChI=1S/C16H24N4O4/c1-2-3-4-5-6-7-8-9-10-24-15(22)13-17-11-12(18-13)19-16(23)20-14(11)21/h2-10H2,1H3,(H3,17,18,19,20,21,23). The Labute approximate surface area is 139 Å². The van der Waals surface area contributed by atoms with Crippen molar-refractivity contribution in [2.45, 2.75) is 58.3 Å². The maximum absolute atomic E-state index is 11.9. The summed E-state index contributed by atoms with van der Waals surface area (Å²) in [5.41, 5.74) is -1.20. The van der Waals surface area contributed by atoms with Crippen LogP contribution < -0.4 is 11.2 Å². The first kappa shape index (κ1) is 18.0. The molecule has 2 aromatic rings. The molecule has 2 aromatic heterocycles. The number of hydrogen-bond acceptors (Lipinski definition) is 5. The molecule has 8 nitrogen and oxygen atoms in total. The van der Waals surface area contributed by atoms with Crippen molar-refractivity contribution in [2.24, 2.45) is 0 Å². The smallest absolute Gasteiger partial charge is 0.374 e. The minimum absolute atomic E-state index is 0.0442. The Balaban J connectivity index is 1.72. The summed E-state index contributed by atoms with van der Waals surface area (Å²) in [5, 5.41) is 0. The van der Waals surface area contributed by atoms with Gasteiger partial charge in [-0.2, -0.15) is 0 Å². The summed E-state index contributed by atoms with van der Waals surface area (Å²) in [6.45, 7) is 2.52. The van der Waals surface area contributed by atoms with Gasteiger partial charge in [0, 0.05) is 0 Å². The van der Waals surface area contributed by atoms with Crippen LogP contribution >= 0.6 is 0 Å². The van der Waals surface area contributed by atoms with Gasteiger partial charge in [0.25, 0.3) is 5.56 Å². The van der Waals surface area contributed by atoms with E-state index in [9.17, 15) is 14.4 Å². The lowest BCUT2D eigenvalue weighted by atomic mass is 10.1.